The topological polar surface area (TPSA) is 76.4 Å². The first-order valence-electron chi connectivity index (χ1n) is 8.52. The van der Waals surface area contributed by atoms with E-state index in [0.29, 0.717) is 25.6 Å². The Balaban J connectivity index is 0.00000338. The minimum atomic E-state index is 0. The van der Waals surface area contributed by atoms with E-state index in [1.807, 2.05) is 24.6 Å². The van der Waals surface area contributed by atoms with Crippen LogP contribution in [-0.4, -0.2) is 47.5 Å². The van der Waals surface area contributed by atoms with Gasteiger partial charge in [-0.25, -0.2) is 4.99 Å². The highest BCUT2D eigenvalue weighted by Gasteiger charge is 2.08. The van der Waals surface area contributed by atoms with E-state index in [-0.39, 0.29) is 24.0 Å². The van der Waals surface area contributed by atoms with E-state index in [9.17, 15) is 0 Å². The number of nitrogens with zero attached hydrogens (tertiary/aromatic N) is 4. The van der Waals surface area contributed by atoms with Crippen LogP contribution in [0.25, 0.3) is 0 Å². The average molecular weight is 472 g/mol. The zero-order chi connectivity index (χ0) is 18.1. The molecule has 0 amide bonds. The van der Waals surface area contributed by atoms with Crippen LogP contribution in [-0.2, 0) is 18.3 Å². The van der Waals surface area contributed by atoms with Gasteiger partial charge in [0.05, 0.1) is 6.61 Å². The summed E-state index contributed by atoms with van der Waals surface area (Å²) >= 11 is 0. The first-order chi connectivity index (χ1) is 12.1. The number of aliphatic imine (C=N–C) groups is 1. The molecule has 1 unspecified atom stereocenters. The van der Waals surface area contributed by atoms with Gasteiger partial charge in [0.2, 0.25) is 0 Å². The lowest BCUT2D eigenvalue weighted by molar-refractivity contribution is 0.203. The smallest absolute Gasteiger partial charge is 0.191 e. The van der Waals surface area contributed by atoms with Gasteiger partial charge in [0.15, 0.2) is 11.8 Å². The normalized spacial score (nSPS) is 12.4. The van der Waals surface area contributed by atoms with Crippen LogP contribution in [0.5, 0.6) is 0 Å². The number of guanidine groups is 1. The Hall–Kier alpha value is -1.68. The highest BCUT2D eigenvalue weighted by Crippen LogP contribution is 2.12. The number of aromatic nitrogens is 3. The zero-order valence-corrected chi connectivity index (χ0v) is 18.2. The van der Waals surface area contributed by atoms with E-state index in [0.717, 1.165) is 24.2 Å². The molecule has 144 valence electrons. The molecule has 1 heterocycles. The summed E-state index contributed by atoms with van der Waals surface area (Å²) in [7, 11) is 3.63. The largest absolute Gasteiger partial charge is 0.383 e. The second kappa shape index (κ2) is 11.8. The number of aryl methyl sites for hydroxylation is 1. The third kappa shape index (κ3) is 6.91. The Morgan fingerprint density at radius 2 is 1.96 bits per heavy atom. The van der Waals surface area contributed by atoms with Crippen molar-refractivity contribution in [3.8, 4) is 0 Å². The lowest BCUT2D eigenvalue weighted by Gasteiger charge is -2.16. The molecule has 0 aliphatic heterocycles. The lowest BCUT2D eigenvalue weighted by Crippen LogP contribution is -2.40. The van der Waals surface area contributed by atoms with E-state index in [4.69, 9.17) is 4.74 Å². The zero-order valence-electron chi connectivity index (χ0n) is 15.9. The fourth-order valence-electron chi connectivity index (χ4n) is 2.33. The number of hydrogen-bond acceptors (Lipinski definition) is 4. The maximum Gasteiger partial charge on any atom is 0.191 e. The van der Waals surface area contributed by atoms with Crippen molar-refractivity contribution in [1.29, 1.82) is 0 Å². The molecule has 0 spiro atoms. The van der Waals surface area contributed by atoms with Gasteiger partial charge in [0, 0.05) is 27.2 Å². The SMILES string of the molecule is COCCNC(=NCc1nnc(C)n1C)NCC(C)c1ccccc1.I. The van der Waals surface area contributed by atoms with Crippen molar-refractivity contribution >= 4 is 29.9 Å². The summed E-state index contributed by atoms with van der Waals surface area (Å²) in [6, 6.07) is 10.4. The molecule has 0 radical (unpaired) electrons. The van der Waals surface area contributed by atoms with Crippen molar-refractivity contribution in [3.63, 3.8) is 0 Å². The standard InChI is InChI=1S/C18H28N6O.HI/c1-14(16-8-6-5-7-9-16)12-20-18(19-10-11-25-4)21-13-17-23-22-15(2)24(17)3;/h5-9,14H,10-13H2,1-4H3,(H2,19,20,21);1H. The van der Waals surface area contributed by atoms with Crippen LogP contribution in [0.1, 0.15) is 30.1 Å². The molecule has 0 bridgehead atoms. The summed E-state index contributed by atoms with van der Waals surface area (Å²) in [6.45, 7) is 6.71. The Labute approximate surface area is 172 Å². The van der Waals surface area contributed by atoms with Gasteiger partial charge in [-0.1, -0.05) is 37.3 Å². The summed E-state index contributed by atoms with van der Waals surface area (Å²) in [5.74, 6) is 2.85. The Bertz CT molecular complexity index is 674. The average Bonchev–Trinajstić information content (AvgIpc) is 2.96. The quantitative estimate of drug-likeness (QED) is 0.267. The number of ether oxygens (including phenoxy) is 1. The number of halogens is 1. The number of benzene rings is 1. The van der Waals surface area contributed by atoms with Gasteiger partial charge < -0.3 is 19.9 Å². The highest BCUT2D eigenvalue weighted by molar-refractivity contribution is 14.0. The molecule has 8 heteroatoms. The second-order valence-electron chi connectivity index (χ2n) is 6.00. The number of methoxy groups -OCH3 is 1. The van der Waals surface area contributed by atoms with E-state index in [1.165, 1.54) is 5.56 Å². The molecule has 7 nitrogen and oxygen atoms in total. The molecule has 2 N–H and O–H groups in total. The van der Waals surface area contributed by atoms with Crippen LogP contribution in [0.2, 0.25) is 0 Å². The minimum Gasteiger partial charge on any atom is -0.383 e. The lowest BCUT2D eigenvalue weighted by atomic mass is 10.0. The molecular weight excluding hydrogens is 443 g/mol. The van der Waals surface area contributed by atoms with Gasteiger partial charge in [-0.05, 0) is 18.4 Å². The molecule has 2 aromatic rings. The Kier molecular flexibility index (Phi) is 10.2. The summed E-state index contributed by atoms with van der Waals surface area (Å²) in [4.78, 5) is 4.62. The predicted molar refractivity (Wildman–Crippen MR) is 115 cm³/mol. The maximum atomic E-state index is 5.10. The van der Waals surface area contributed by atoms with Crippen LogP contribution in [0.3, 0.4) is 0 Å². The molecule has 1 aromatic carbocycles. The van der Waals surface area contributed by atoms with Crippen molar-refractivity contribution in [3.05, 3.63) is 47.5 Å². The van der Waals surface area contributed by atoms with E-state index in [2.05, 4.69) is 57.0 Å². The third-order valence-corrected chi connectivity index (χ3v) is 4.10. The molecule has 0 aliphatic carbocycles. The van der Waals surface area contributed by atoms with Gasteiger partial charge in [-0.3, -0.25) is 0 Å². The number of hydrogen-bond donors (Lipinski definition) is 2. The molecule has 2 rings (SSSR count). The first-order valence-corrected chi connectivity index (χ1v) is 8.52. The van der Waals surface area contributed by atoms with Crippen molar-refractivity contribution < 1.29 is 4.74 Å². The third-order valence-electron chi connectivity index (χ3n) is 4.10. The van der Waals surface area contributed by atoms with Crippen LogP contribution < -0.4 is 10.6 Å². The fourth-order valence-corrected chi connectivity index (χ4v) is 2.33. The second-order valence-corrected chi connectivity index (χ2v) is 6.00. The number of rotatable bonds is 8. The molecular formula is C18H29IN6O. The summed E-state index contributed by atoms with van der Waals surface area (Å²) < 4.78 is 7.05. The predicted octanol–water partition coefficient (Wildman–Crippen LogP) is 2.23. The van der Waals surface area contributed by atoms with Gasteiger partial charge in [-0.15, -0.1) is 34.2 Å². The maximum absolute atomic E-state index is 5.10. The summed E-state index contributed by atoms with van der Waals surface area (Å²) in [5, 5.41) is 14.9. The molecule has 1 atom stereocenters. The molecule has 0 aliphatic rings. The van der Waals surface area contributed by atoms with Crippen LogP contribution in [0, 0.1) is 6.92 Å². The van der Waals surface area contributed by atoms with E-state index < -0.39 is 0 Å². The molecule has 0 saturated carbocycles. The summed E-state index contributed by atoms with van der Waals surface area (Å²) in [6.07, 6.45) is 0. The van der Waals surface area contributed by atoms with Crippen LogP contribution in [0.4, 0.5) is 0 Å². The first kappa shape index (κ1) is 22.4. The highest BCUT2D eigenvalue weighted by atomic mass is 127. The van der Waals surface area contributed by atoms with Crippen molar-refractivity contribution in [2.75, 3.05) is 26.8 Å². The van der Waals surface area contributed by atoms with E-state index in [1.54, 1.807) is 7.11 Å². The van der Waals surface area contributed by atoms with Gasteiger partial charge >= 0.3 is 0 Å². The summed E-state index contributed by atoms with van der Waals surface area (Å²) in [5.41, 5.74) is 1.30. The van der Waals surface area contributed by atoms with Crippen molar-refractivity contribution in [2.45, 2.75) is 26.3 Å². The van der Waals surface area contributed by atoms with Crippen LogP contribution in [0.15, 0.2) is 35.3 Å². The van der Waals surface area contributed by atoms with Gasteiger partial charge in [-0.2, -0.15) is 0 Å². The van der Waals surface area contributed by atoms with Crippen LogP contribution >= 0.6 is 24.0 Å². The molecule has 1 aromatic heterocycles. The molecule has 26 heavy (non-hydrogen) atoms. The van der Waals surface area contributed by atoms with E-state index >= 15 is 0 Å². The van der Waals surface area contributed by atoms with Crippen molar-refractivity contribution in [1.82, 2.24) is 25.4 Å². The van der Waals surface area contributed by atoms with Gasteiger partial charge in [0.1, 0.15) is 12.4 Å². The minimum absolute atomic E-state index is 0. The number of nitrogens with one attached hydrogen (secondary N) is 2. The van der Waals surface area contributed by atoms with Gasteiger partial charge in [0.25, 0.3) is 0 Å². The molecule has 0 fully saturated rings. The Morgan fingerprint density at radius 1 is 1.23 bits per heavy atom. The molecule has 0 saturated heterocycles. The monoisotopic (exact) mass is 472 g/mol. The Morgan fingerprint density at radius 3 is 2.58 bits per heavy atom. The van der Waals surface area contributed by atoms with Crippen molar-refractivity contribution in [2.24, 2.45) is 12.0 Å². The fraction of sp³-hybridized carbons (Fsp3) is 0.500.